The van der Waals surface area contributed by atoms with Crippen molar-refractivity contribution in [3.8, 4) is 0 Å². The van der Waals surface area contributed by atoms with E-state index in [2.05, 4.69) is 0 Å². The summed E-state index contributed by atoms with van der Waals surface area (Å²) in [6.07, 6.45) is -4.64. The van der Waals surface area contributed by atoms with Crippen LogP contribution in [0.3, 0.4) is 0 Å². The molecule has 0 aromatic heterocycles. The van der Waals surface area contributed by atoms with Gasteiger partial charge in [0.2, 0.25) is 0 Å². The molecule has 86 valence electrons. The fraction of sp³-hybridized carbons (Fsp3) is 0.417. The van der Waals surface area contributed by atoms with Gasteiger partial charge in [0, 0.05) is 5.56 Å². The summed E-state index contributed by atoms with van der Waals surface area (Å²) in [5.41, 5.74) is 2.24. The maximum atomic E-state index is 12.6. The second-order valence-corrected chi connectivity index (χ2v) is 4.22. The zero-order valence-corrected chi connectivity index (χ0v) is 8.98. The highest BCUT2D eigenvalue weighted by Crippen LogP contribution is 2.40. The van der Waals surface area contributed by atoms with Gasteiger partial charge >= 0.3 is 6.18 Å². The van der Waals surface area contributed by atoms with Crippen molar-refractivity contribution >= 4 is 5.78 Å². The molecule has 1 aliphatic carbocycles. The smallest absolute Gasteiger partial charge is 0.293 e. The van der Waals surface area contributed by atoms with Crippen molar-refractivity contribution < 1.29 is 18.0 Å². The third-order valence-electron chi connectivity index (χ3n) is 3.12. The first-order valence-electron chi connectivity index (χ1n) is 5.02. The van der Waals surface area contributed by atoms with Gasteiger partial charge in [0.15, 0.2) is 5.78 Å². The van der Waals surface area contributed by atoms with Crippen molar-refractivity contribution in [3.05, 3.63) is 34.4 Å². The van der Waals surface area contributed by atoms with E-state index in [4.69, 9.17) is 0 Å². The molecule has 1 aliphatic rings. The highest BCUT2D eigenvalue weighted by molar-refractivity contribution is 6.04. The molecule has 1 aromatic carbocycles. The lowest BCUT2D eigenvalue weighted by Gasteiger charge is -2.11. The Kier molecular flexibility index (Phi) is 2.33. The summed E-state index contributed by atoms with van der Waals surface area (Å²) < 4.78 is 37.9. The Hall–Kier alpha value is -1.32. The summed E-state index contributed by atoms with van der Waals surface area (Å²) in [6, 6.07) is 3.46. The average molecular weight is 228 g/mol. The Balaban J connectivity index is 2.54. The number of rotatable bonds is 0. The van der Waals surface area contributed by atoms with E-state index in [0.717, 1.165) is 5.56 Å². The highest BCUT2D eigenvalue weighted by atomic mass is 19.4. The molecule has 1 aromatic rings. The van der Waals surface area contributed by atoms with E-state index < -0.39 is 17.9 Å². The SMILES string of the molecule is Cc1ccc(C)c2c1CC(C(F)(F)F)C2=O. The monoisotopic (exact) mass is 228 g/mol. The summed E-state index contributed by atoms with van der Waals surface area (Å²) in [5, 5.41) is 0. The van der Waals surface area contributed by atoms with Crippen molar-refractivity contribution in [3.63, 3.8) is 0 Å². The Morgan fingerprint density at radius 1 is 1.19 bits per heavy atom. The lowest BCUT2D eigenvalue weighted by atomic mass is 10.00. The number of benzene rings is 1. The van der Waals surface area contributed by atoms with Crippen LogP contribution in [0, 0.1) is 19.8 Å². The van der Waals surface area contributed by atoms with Crippen LogP contribution in [0.5, 0.6) is 0 Å². The van der Waals surface area contributed by atoms with Crippen molar-refractivity contribution in [2.45, 2.75) is 26.4 Å². The molecule has 0 radical (unpaired) electrons. The third-order valence-corrected chi connectivity index (χ3v) is 3.12. The number of aryl methyl sites for hydroxylation is 2. The second-order valence-electron chi connectivity index (χ2n) is 4.22. The number of hydrogen-bond acceptors (Lipinski definition) is 1. The average Bonchev–Trinajstić information content (AvgIpc) is 2.51. The quantitative estimate of drug-likeness (QED) is 0.666. The molecule has 0 amide bonds. The molecule has 1 unspecified atom stereocenters. The molecular formula is C12H11F3O. The maximum Gasteiger partial charge on any atom is 0.399 e. The van der Waals surface area contributed by atoms with E-state index in [1.165, 1.54) is 0 Å². The van der Waals surface area contributed by atoms with Crippen LogP contribution in [-0.4, -0.2) is 12.0 Å². The van der Waals surface area contributed by atoms with Crippen molar-refractivity contribution in [1.29, 1.82) is 0 Å². The molecule has 16 heavy (non-hydrogen) atoms. The van der Waals surface area contributed by atoms with Gasteiger partial charge in [-0.25, -0.2) is 0 Å². The summed E-state index contributed by atoms with van der Waals surface area (Å²) in [6.45, 7) is 3.42. The van der Waals surface area contributed by atoms with Crippen LogP contribution in [0.4, 0.5) is 13.2 Å². The normalized spacial score (nSPS) is 20.1. The van der Waals surface area contributed by atoms with Crippen molar-refractivity contribution in [1.82, 2.24) is 0 Å². The second kappa shape index (κ2) is 3.34. The summed E-state index contributed by atoms with van der Waals surface area (Å²) >= 11 is 0. The van der Waals surface area contributed by atoms with Gasteiger partial charge in [-0.3, -0.25) is 4.79 Å². The van der Waals surface area contributed by atoms with E-state index in [1.807, 2.05) is 0 Å². The summed E-state index contributed by atoms with van der Waals surface area (Å²) in [7, 11) is 0. The molecule has 0 bridgehead atoms. The number of Topliss-reactive ketones (excluding diaryl/α,β-unsaturated/α-hetero) is 1. The topological polar surface area (TPSA) is 17.1 Å². The van der Waals surface area contributed by atoms with Gasteiger partial charge < -0.3 is 0 Å². The van der Waals surface area contributed by atoms with Crippen LogP contribution in [0.2, 0.25) is 0 Å². The molecule has 1 nitrogen and oxygen atoms in total. The van der Waals surface area contributed by atoms with Gasteiger partial charge in [-0.05, 0) is 37.0 Å². The molecule has 0 spiro atoms. The van der Waals surface area contributed by atoms with Crippen LogP contribution in [0.15, 0.2) is 12.1 Å². The number of halogens is 3. The van der Waals surface area contributed by atoms with Gasteiger partial charge in [-0.1, -0.05) is 12.1 Å². The van der Waals surface area contributed by atoms with Crippen LogP contribution in [-0.2, 0) is 6.42 Å². The fourth-order valence-electron chi connectivity index (χ4n) is 2.21. The van der Waals surface area contributed by atoms with Crippen LogP contribution >= 0.6 is 0 Å². The molecule has 4 heteroatoms. The lowest BCUT2D eigenvalue weighted by molar-refractivity contribution is -0.158. The molecule has 0 fully saturated rings. The first kappa shape index (κ1) is 11.2. The summed E-state index contributed by atoms with van der Waals surface area (Å²) in [4.78, 5) is 11.7. The Morgan fingerprint density at radius 3 is 2.25 bits per heavy atom. The Morgan fingerprint density at radius 2 is 1.75 bits per heavy atom. The minimum absolute atomic E-state index is 0.203. The van der Waals surface area contributed by atoms with E-state index in [-0.39, 0.29) is 12.0 Å². The molecule has 0 N–H and O–H groups in total. The van der Waals surface area contributed by atoms with Gasteiger partial charge in [0.05, 0.1) is 0 Å². The molecule has 1 atom stereocenters. The largest absolute Gasteiger partial charge is 0.399 e. The number of alkyl halides is 3. The highest BCUT2D eigenvalue weighted by Gasteiger charge is 2.49. The van der Waals surface area contributed by atoms with Crippen LogP contribution in [0.25, 0.3) is 0 Å². The summed E-state index contributed by atoms with van der Waals surface area (Å²) in [5.74, 6) is -2.62. The van der Waals surface area contributed by atoms with Gasteiger partial charge in [-0.2, -0.15) is 13.2 Å². The number of carbonyl (C=O) groups is 1. The first-order valence-corrected chi connectivity index (χ1v) is 5.02. The first-order chi connectivity index (χ1) is 7.32. The number of hydrogen-bond donors (Lipinski definition) is 0. The number of ketones is 1. The molecular weight excluding hydrogens is 217 g/mol. The van der Waals surface area contributed by atoms with Crippen molar-refractivity contribution in [2.24, 2.45) is 5.92 Å². The van der Waals surface area contributed by atoms with Gasteiger partial charge in [-0.15, -0.1) is 0 Å². The molecule has 0 aliphatic heterocycles. The van der Waals surface area contributed by atoms with Gasteiger partial charge in [0.25, 0.3) is 0 Å². The lowest BCUT2D eigenvalue weighted by Crippen LogP contribution is -2.28. The van der Waals surface area contributed by atoms with Gasteiger partial charge in [0.1, 0.15) is 5.92 Å². The Labute approximate surface area is 91.3 Å². The maximum absolute atomic E-state index is 12.6. The molecule has 2 rings (SSSR count). The van der Waals surface area contributed by atoms with Crippen molar-refractivity contribution in [2.75, 3.05) is 0 Å². The fourth-order valence-corrected chi connectivity index (χ4v) is 2.21. The van der Waals surface area contributed by atoms with Crippen LogP contribution < -0.4 is 0 Å². The van der Waals surface area contributed by atoms with E-state index in [9.17, 15) is 18.0 Å². The van der Waals surface area contributed by atoms with E-state index in [1.54, 1.807) is 26.0 Å². The number of fused-ring (bicyclic) bond motifs is 1. The molecule has 0 saturated heterocycles. The van der Waals surface area contributed by atoms with E-state index in [0.29, 0.717) is 11.1 Å². The minimum atomic E-state index is -4.44. The predicted molar refractivity (Wildman–Crippen MR) is 53.5 cm³/mol. The Bertz CT molecular complexity index is 460. The minimum Gasteiger partial charge on any atom is -0.293 e. The third kappa shape index (κ3) is 1.52. The molecule has 0 saturated carbocycles. The molecule has 0 heterocycles. The standard InChI is InChI=1S/C12H11F3O/c1-6-3-4-7(2)10-8(6)5-9(11(10)16)12(13,14)15/h3-4,9H,5H2,1-2H3. The zero-order chi connectivity index (χ0) is 12.1. The predicted octanol–water partition coefficient (Wildman–Crippen LogP) is 3.22. The van der Waals surface area contributed by atoms with E-state index >= 15 is 0 Å². The zero-order valence-electron chi connectivity index (χ0n) is 8.98. The number of carbonyl (C=O) groups excluding carboxylic acids is 1. The van der Waals surface area contributed by atoms with Crippen LogP contribution in [0.1, 0.15) is 27.0 Å².